The van der Waals surface area contributed by atoms with Gasteiger partial charge in [0.2, 0.25) is 11.8 Å². The van der Waals surface area contributed by atoms with E-state index >= 15 is 0 Å². The maximum absolute atomic E-state index is 6.03. The van der Waals surface area contributed by atoms with Crippen LogP contribution in [0.25, 0.3) is 83.8 Å². The zero-order valence-electron chi connectivity index (χ0n) is 26.9. The van der Waals surface area contributed by atoms with E-state index in [1.54, 1.807) is 0 Å². The van der Waals surface area contributed by atoms with Crippen LogP contribution in [-0.2, 0) is 0 Å². The second-order valence-corrected chi connectivity index (χ2v) is 12.4. The summed E-state index contributed by atoms with van der Waals surface area (Å²) in [5.41, 5.74) is 13.6. The quantitative estimate of drug-likeness (QED) is 0.184. The first-order chi connectivity index (χ1) is 24.2. The van der Waals surface area contributed by atoms with Gasteiger partial charge in [0.25, 0.3) is 0 Å². The van der Waals surface area contributed by atoms with Crippen LogP contribution in [-0.4, -0.2) is 14.8 Å². The minimum atomic E-state index is 0.503. The van der Waals surface area contributed by atoms with Crippen LogP contribution in [0, 0.1) is 6.92 Å². The molecule has 2 heterocycles. The molecule has 0 saturated carbocycles. The van der Waals surface area contributed by atoms with Crippen molar-refractivity contribution in [2.75, 3.05) is 0 Å². The fourth-order valence-electron chi connectivity index (χ4n) is 6.93. The molecule has 4 heteroatoms. The van der Waals surface area contributed by atoms with Crippen LogP contribution in [0.2, 0.25) is 0 Å². The van der Waals surface area contributed by atoms with Gasteiger partial charge in [-0.1, -0.05) is 115 Å². The van der Waals surface area contributed by atoms with Gasteiger partial charge in [-0.15, -0.1) is 10.2 Å². The standard InChI is InChI=1S/C45H31N3O/c1-30-20-26-42-40(28-30)41-29-34(25-27-43(41)48(42)35-14-6-3-7-15-35)37-17-9-11-19-39(37)38-18-10-8-16-36(38)31-21-23-33(24-22-31)45-47-46-44(49-45)32-12-4-2-5-13-32/h2-29H,1H3. The molecule has 0 spiro atoms. The Balaban J connectivity index is 1.12. The lowest BCUT2D eigenvalue weighted by Crippen LogP contribution is -1.93. The van der Waals surface area contributed by atoms with E-state index in [1.165, 1.54) is 49.6 Å². The summed E-state index contributed by atoms with van der Waals surface area (Å²) in [6.07, 6.45) is 0. The third-order valence-electron chi connectivity index (χ3n) is 9.28. The number of fused-ring (bicyclic) bond motifs is 3. The lowest BCUT2D eigenvalue weighted by atomic mass is 9.89. The lowest BCUT2D eigenvalue weighted by molar-refractivity contribution is 0.584. The predicted molar refractivity (Wildman–Crippen MR) is 201 cm³/mol. The molecule has 0 saturated heterocycles. The smallest absolute Gasteiger partial charge is 0.248 e. The van der Waals surface area contributed by atoms with Gasteiger partial charge in [-0.2, -0.15) is 0 Å². The Hall–Kier alpha value is -6.52. The van der Waals surface area contributed by atoms with E-state index in [9.17, 15) is 0 Å². The molecule has 0 fully saturated rings. The number of para-hydroxylation sites is 1. The van der Waals surface area contributed by atoms with Crippen molar-refractivity contribution in [3.63, 3.8) is 0 Å². The van der Waals surface area contributed by atoms with Gasteiger partial charge in [0.1, 0.15) is 0 Å². The molecule has 0 unspecified atom stereocenters. The molecule has 0 aliphatic carbocycles. The summed E-state index contributed by atoms with van der Waals surface area (Å²) in [6.45, 7) is 2.16. The van der Waals surface area contributed by atoms with E-state index < -0.39 is 0 Å². The van der Waals surface area contributed by atoms with Crippen LogP contribution in [0.5, 0.6) is 0 Å². The van der Waals surface area contributed by atoms with Gasteiger partial charge in [-0.3, -0.25) is 0 Å². The second kappa shape index (κ2) is 11.9. The Kier molecular flexibility index (Phi) is 6.98. The van der Waals surface area contributed by atoms with Crippen molar-refractivity contribution >= 4 is 21.8 Å². The van der Waals surface area contributed by atoms with Gasteiger partial charge in [-0.25, -0.2) is 0 Å². The molecule has 9 aromatic rings. The fourth-order valence-corrected chi connectivity index (χ4v) is 6.93. The van der Waals surface area contributed by atoms with Gasteiger partial charge in [0, 0.05) is 27.6 Å². The average molecular weight is 630 g/mol. The predicted octanol–water partition coefficient (Wildman–Crippen LogP) is 11.8. The Morgan fingerprint density at radius 3 is 1.53 bits per heavy atom. The topological polar surface area (TPSA) is 43.9 Å². The highest BCUT2D eigenvalue weighted by Crippen LogP contribution is 2.41. The third kappa shape index (κ3) is 5.11. The first kappa shape index (κ1) is 28.7. The van der Waals surface area contributed by atoms with E-state index in [2.05, 4.69) is 161 Å². The number of hydrogen-bond donors (Lipinski definition) is 0. The van der Waals surface area contributed by atoms with Gasteiger partial charge >= 0.3 is 0 Å². The largest absolute Gasteiger partial charge is 0.416 e. The minimum absolute atomic E-state index is 0.503. The Morgan fingerprint density at radius 1 is 0.408 bits per heavy atom. The molecule has 0 amide bonds. The number of aromatic nitrogens is 3. The molecule has 0 aliphatic heterocycles. The average Bonchev–Trinajstić information content (AvgIpc) is 3.79. The van der Waals surface area contributed by atoms with E-state index in [-0.39, 0.29) is 0 Å². The zero-order valence-corrected chi connectivity index (χ0v) is 26.9. The molecular formula is C45H31N3O. The molecule has 0 bridgehead atoms. The summed E-state index contributed by atoms with van der Waals surface area (Å²) in [7, 11) is 0. The van der Waals surface area contributed by atoms with Gasteiger partial charge in [0.15, 0.2) is 0 Å². The highest BCUT2D eigenvalue weighted by atomic mass is 16.4. The highest BCUT2D eigenvalue weighted by Gasteiger charge is 2.17. The molecule has 0 aliphatic rings. The summed E-state index contributed by atoms with van der Waals surface area (Å²) in [4.78, 5) is 0. The molecule has 49 heavy (non-hydrogen) atoms. The third-order valence-corrected chi connectivity index (χ3v) is 9.28. The summed E-state index contributed by atoms with van der Waals surface area (Å²) in [6, 6.07) is 59.8. The number of aryl methyl sites for hydroxylation is 1. The van der Waals surface area contributed by atoms with Crippen LogP contribution < -0.4 is 0 Å². The van der Waals surface area contributed by atoms with Crippen molar-refractivity contribution in [1.82, 2.24) is 14.8 Å². The molecule has 4 nitrogen and oxygen atoms in total. The molecule has 0 atom stereocenters. The van der Waals surface area contributed by atoms with Crippen LogP contribution in [0.1, 0.15) is 5.56 Å². The van der Waals surface area contributed by atoms with Crippen molar-refractivity contribution in [1.29, 1.82) is 0 Å². The monoisotopic (exact) mass is 629 g/mol. The molecule has 7 aromatic carbocycles. The zero-order chi connectivity index (χ0) is 32.7. The summed E-state index contributed by atoms with van der Waals surface area (Å²) >= 11 is 0. The summed E-state index contributed by atoms with van der Waals surface area (Å²) in [5, 5.41) is 11.1. The second-order valence-electron chi connectivity index (χ2n) is 12.4. The van der Waals surface area contributed by atoms with Gasteiger partial charge < -0.3 is 8.98 Å². The summed E-state index contributed by atoms with van der Waals surface area (Å²) < 4.78 is 8.40. The van der Waals surface area contributed by atoms with Crippen LogP contribution in [0.15, 0.2) is 174 Å². The van der Waals surface area contributed by atoms with Crippen molar-refractivity contribution in [3.8, 4) is 62.0 Å². The van der Waals surface area contributed by atoms with Crippen molar-refractivity contribution in [3.05, 3.63) is 175 Å². The van der Waals surface area contributed by atoms with E-state index in [0.717, 1.165) is 27.9 Å². The molecule has 2 aromatic heterocycles. The van der Waals surface area contributed by atoms with Crippen molar-refractivity contribution in [2.24, 2.45) is 0 Å². The molecule has 232 valence electrons. The Morgan fingerprint density at radius 2 is 0.878 bits per heavy atom. The molecular weight excluding hydrogens is 599 g/mol. The van der Waals surface area contributed by atoms with Crippen LogP contribution in [0.3, 0.4) is 0 Å². The van der Waals surface area contributed by atoms with Gasteiger partial charge in [0.05, 0.1) is 11.0 Å². The molecule has 0 radical (unpaired) electrons. The molecule has 0 N–H and O–H groups in total. The van der Waals surface area contributed by atoms with Crippen molar-refractivity contribution in [2.45, 2.75) is 6.92 Å². The highest BCUT2D eigenvalue weighted by molar-refractivity contribution is 6.11. The Bertz CT molecular complexity index is 2600. The summed E-state index contributed by atoms with van der Waals surface area (Å²) in [5.74, 6) is 1.02. The van der Waals surface area contributed by atoms with E-state index in [0.29, 0.717) is 11.8 Å². The Labute approximate surface area is 284 Å². The van der Waals surface area contributed by atoms with E-state index in [4.69, 9.17) is 4.42 Å². The van der Waals surface area contributed by atoms with Crippen LogP contribution in [0.4, 0.5) is 0 Å². The number of hydrogen-bond acceptors (Lipinski definition) is 3. The minimum Gasteiger partial charge on any atom is -0.416 e. The van der Waals surface area contributed by atoms with Crippen molar-refractivity contribution < 1.29 is 4.42 Å². The number of benzene rings is 7. The lowest BCUT2D eigenvalue weighted by Gasteiger charge is -2.15. The first-order valence-corrected chi connectivity index (χ1v) is 16.5. The SMILES string of the molecule is Cc1ccc2c(c1)c1cc(-c3ccccc3-c3ccccc3-c3ccc(-c4nnc(-c5ccccc5)o4)cc3)ccc1n2-c1ccccc1. The van der Waals surface area contributed by atoms with Crippen LogP contribution >= 0.6 is 0 Å². The first-order valence-electron chi connectivity index (χ1n) is 16.5. The fraction of sp³-hybridized carbons (Fsp3) is 0.0222. The van der Waals surface area contributed by atoms with Gasteiger partial charge in [-0.05, 0) is 101 Å². The maximum atomic E-state index is 6.03. The number of rotatable bonds is 6. The molecule has 9 rings (SSSR count). The van der Waals surface area contributed by atoms with E-state index in [1.807, 2.05) is 30.3 Å². The maximum Gasteiger partial charge on any atom is 0.248 e. The number of nitrogens with zero attached hydrogens (tertiary/aromatic N) is 3. The normalized spacial score (nSPS) is 11.4.